The number of hydrogen-bond donors (Lipinski definition) is 1. The fourth-order valence-electron chi connectivity index (χ4n) is 2.97. The second-order valence-corrected chi connectivity index (χ2v) is 6.27. The Morgan fingerprint density at radius 1 is 1.29 bits per heavy atom. The molecule has 1 atom stereocenters. The van der Waals surface area contributed by atoms with Gasteiger partial charge in [-0.05, 0) is 38.1 Å². The highest BCUT2D eigenvalue weighted by atomic mass is 32.1. The van der Waals surface area contributed by atoms with Crippen molar-refractivity contribution >= 4 is 16.3 Å². The summed E-state index contributed by atoms with van der Waals surface area (Å²) in [7, 11) is 0. The second kappa shape index (κ2) is 5.16. The zero-order chi connectivity index (χ0) is 14.2. The van der Waals surface area contributed by atoms with E-state index in [1.807, 2.05) is 12.1 Å². The molecule has 1 aliphatic heterocycles. The largest absolute Gasteiger partial charge is 0.492 e. The molecule has 0 bridgehead atoms. The standard InChI is InChI=1S/C14H16N4O2S/c19-13-12(21-14-15-9-16-18(13)14)11(10-5-4-8-20-10)17-6-2-1-3-7-17/h4-5,8-9,11,19H,1-3,6-7H2/t11-/m0/s1. The number of aromatic nitrogens is 3. The summed E-state index contributed by atoms with van der Waals surface area (Å²) in [6.45, 7) is 2.02. The van der Waals surface area contributed by atoms with Crippen molar-refractivity contribution in [1.29, 1.82) is 0 Å². The van der Waals surface area contributed by atoms with Crippen molar-refractivity contribution in [2.45, 2.75) is 25.3 Å². The van der Waals surface area contributed by atoms with Crippen LogP contribution >= 0.6 is 11.3 Å². The molecule has 3 aromatic rings. The molecule has 21 heavy (non-hydrogen) atoms. The highest BCUT2D eigenvalue weighted by Crippen LogP contribution is 2.40. The van der Waals surface area contributed by atoms with Crippen LogP contribution in [-0.2, 0) is 0 Å². The maximum Gasteiger partial charge on any atom is 0.230 e. The Hall–Kier alpha value is -1.86. The van der Waals surface area contributed by atoms with E-state index in [9.17, 15) is 5.11 Å². The Labute approximate surface area is 125 Å². The highest BCUT2D eigenvalue weighted by Gasteiger charge is 2.31. The van der Waals surface area contributed by atoms with Gasteiger partial charge >= 0.3 is 0 Å². The van der Waals surface area contributed by atoms with Gasteiger partial charge in [0.15, 0.2) is 0 Å². The molecule has 0 amide bonds. The molecule has 4 rings (SSSR count). The minimum atomic E-state index is -0.0613. The first-order valence-corrected chi connectivity index (χ1v) is 7.95. The number of fused-ring (bicyclic) bond motifs is 1. The summed E-state index contributed by atoms with van der Waals surface area (Å²) < 4.78 is 7.12. The summed E-state index contributed by atoms with van der Waals surface area (Å²) in [5, 5.41) is 14.5. The van der Waals surface area contributed by atoms with Gasteiger partial charge in [-0.2, -0.15) is 9.61 Å². The lowest BCUT2D eigenvalue weighted by molar-refractivity contribution is 0.169. The van der Waals surface area contributed by atoms with Crippen molar-refractivity contribution in [3.05, 3.63) is 35.4 Å². The number of rotatable bonds is 3. The maximum atomic E-state index is 10.5. The van der Waals surface area contributed by atoms with Gasteiger partial charge in [-0.25, -0.2) is 4.98 Å². The van der Waals surface area contributed by atoms with Crippen molar-refractivity contribution in [1.82, 2.24) is 19.5 Å². The lowest BCUT2D eigenvalue weighted by atomic mass is 10.1. The van der Waals surface area contributed by atoms with Crippen molar-refractivity contribution < 1.29 is 9.52 Å². The van der Waals surface area contributed by atoms with E-state index in [1.54, 1.807) is 6.26 Å². The summed E-state index contributed by atoms with van der Waals surface area (Å²) >= 11 is 1.47. The van der Waals surface area contributed by atoms with E-state index in [2.05, 4.69) is 15.0 Å². The lowest BCUT2D eigenvalue weighted by Gasteiger charge is -2.32. The molecule has 0 aliphatic carbocycles. The first kappa shape index (κ1) is 12.8. The number of hydrogen-bond acceptors (Lipinski definition) is 6. The summed E-state index contributed by atoms with van der Waals surface area (Å²) in [5.41, 5.74) is 0. The molecule has 0 spiro atoms. The number of thiazole rings is 1. The Kier molecular flexibility index (Phi) is 3.16. The quantitative estimate of drug-likeness (QED) is 0.806. The van der Waals surface area contributed by atoms with Crippen LogP contribution in [-0.4, -0.2) is 37.7 Å². The Morgan fingerprint density at radius 3 is 2.86 bits per heavy atom. The summed E-state index contributed by atoms with van der Waals surface area (Å²) in [6.07, 6.45) is 6.76. The number of furan rings is 1. The summed E-state index contributed by atoms with van der Waals surface area (Å²) in [6, 6.07) is 3.79. The van der Waals surface area contributed by atoms with Crippen molar-refractivity contribution in [3.8, 4) is 5.88 Å². The third-order valence-corrected chi connectivity index (χ3v) is 5.04. The summed E-state index contributed by atoms with van der Waals surface area (Å²) in [4.78, 5) is 8.09. The lowest BCUT2D eigenvalue weighted by Crippen LogP contribution is -2.33. The third kappa shape index (κ3) is 2.13. The predicted molar refractivity (Wildman–Crippen MR) is 78.5 cm³/mol. The molecule has 3 aromatic heterocycles. The normalized spacial score (nSPS) is 18.3. The molecule has 6 nitrogen and oxygen atoms in total. The van der Waals surface area contributed by atoms with E-state index in [4.69, 9.17) is 4.42 Å². The average molecular weight is 304 g/mol. The van der Waals surface area contributed by atoms with Gasteiger partial charge in [-0.15, -0.1) is 0 Å². The highest BCUT2D eigenvalue weighted by molar-refractivity contribution is 7.17. The molecule has 1 N–H and O–H groups in total. The van der Waals surface area contributed by atoms with Gasteiger partial charge in [-0.3, -0.25) is 4.90 Å². The van der Waals surface area contributed by atoms with Crippen LogP contribution in [0.5, 0.6) is 5.88 Å². The van der Waals surface area contributed by atoms with Crippen LogP contribution in [0.2, 0.25) is 0 Å². The van der Waals surface area contributed by atoms with E-state index in [-0.39, 0.29) is 11.9 Å². The zero-order valence-corrected chi connectivity index (χ0v) is 12.3. The molecular weight excluding hydrogens is 288 g/mol. The fraction of sp³-hybridized carbons (Fsp3) is 0.429. The third-order valence-electron chi connectivity index (χ3n) is 3.96. The molecule has 0 saturated carbocycles. The first-order valence-electron chi connectivity index (χ1n) is 7.13. The molecule has 110 valence electrons. The van der Waals surface area contributed by atoms with E-state index in [0.29, 0.717) is 4.96 Å². The van der Waals surface area contributed by atoms with Crippen molar-refractivity contribution in [3.63, 3.8) is 0 Å². The van der Waals surface area contributed by atoms with Gasteiger partial charge in [0.2, 0.25) is 10.8 Å². The van der Waals surface area contributed by atoms with Crippen LogP contribution in [0.1, 0.15) is 35.9 Å². The van der Waals surface area contributed by atoms with E-state index < -0.39 is 0 Å². The van der Waals surface area contributed by atoms with E-state index in [0.717, 1.165) is 23.7 Å². The van der Waals surface area contributed by atoms with Gasteiger partial charge in [0.05, 0.1) is 11.1 Å². The molecule has 0 unspecified atom stereocenters. The van der Waals surface area contributed by atoms with Gasteiger partial charge in [0, 0.05) is 0 Å². The number of piperidine rings is 1. The van der Waals surface area contributed by atoms with E-state index >= 15 is 0 Å². The fourth-order valence-corrected chi connectivity index (χ4v) is 4.04. The van der Waals surface area contributed by atoms with Crippen LogP contribution < -0.4 is 0 Å². The molecule has 0 aromatic carbocycles. The van der Waals surface area contributed by atoms with Crippen LogP contribution in [0.4, 0.5) is 0 Å². The van der Waals surface area contributed by atoms with Gasteiger partial charge in [0.1, 0.15) is 18.1 Å². The minimum absolute atomic E-state index is 0.0613. The summed E-state index contributed by atoms with van der Waals surface area (Å²) in [5.74, 6) is 1.02. The van der Waals surface area contributed by atoms with Crippen LogP contribution in [0.3, 0.4) is 0 Å². The minimum Gasteiger partial charge on any atom is -0.492 e. The van der Waals surface area contributed by atoms with Crippen LogP contribution in [0.25, 0.3) is 4.96 Å². The zero-order valence-electron chi connectivity index (χ0n) is 11.5. The maximum absolute atomic E-state index is 10.5. The second-order valence-electron chi connectivity index (χ2n) is 5.26. The number of likely N-dealkylation sites (tertiary alicyclic amines) is 1. The number of aromatic hydroxyl groups is 1. The Morgan fingerprint density at radius 2 is 2.14 bits per heavy atom. The van der Waals surface area contributed by atoms with E-state index in [1.165, 1.54) is 41.4 Å². The number of nitrogens with zero attached hydrogens (tertiary/aromatic N) is 4. The van der Waals surface area contributed by atoms with Gasteiger partial charge in [-0.1, -0.05) is 17.8 Å². The monoisotopic (exact) mass is 304 g/mol. The predicted octanol–water partition coefficient (Wildman–Crippen LogP) is 2.66. The molecule has 1 saturated heterocycles. The molecule has 0 radical (unpaired) electrons. The molecule has 1 fully saturated rings. The van der Waals surface area contributed by atoms with Crippen LogP contribution in [0, 0.1) is 0 Å². The molecule has 7 heteroatoms. The van der Waals surface area contributed by atoms with Crippen molar-refractivity contribution in [2.24, 2.45) is 0 Å². The molecular formula is C14H16N4O2S. The first-order chi connectivity index (χ1) is 10.3. The Bertz CT molecular complexity index is 727. The smallest absolute Gasteiger partial charge is 0.230 e. The van der Waals surface area contributed by atoms with Crippen molar-refractivity contribution in [2.75, 3.05) is 13.1 Å². The molecule has 4 heterocycles. The Balaban J connectivity index is 1.81. The van der Waals surface area contributed by atoms with Gasteiger partial charge < -0.3 is 9.52 Å². The molecule has 1 aliphatic rings. The van der Waals surface area contributed by atoms with Gasteiger partial charge in [0.25, 0.3) is 0 Å². The topological polar surface area (TPSA) is 66.8 Å². The van der Waals surface area contributed by atoms with Crippen LogP contribution in [0.15, 0.2) is 29.1 Å². The average Bonchev–Trinajstić information content (AvgIpc) is 3.22. The SMILES string of the molecule is Oc1c([C@H](c2ccco2)N2CCCCC2)sc2ncnn12.